The molecule has 3 amide bonds. The van der Waals surface area contributed by atoms with E-state index in [4.69, 9.17) is 14.2 Å². The van der Waals surface area contributed by atoms with E-state index in [1.54, 1.807) is 6.07 Å². The minimum atomic E-state index is -0.622. The highest BCUT2D eigenvalue weighted by Gasteiger charge is 2.39. The molecule has 1 N–H and O–H groups in total. The number of ether oxygens (including phenoxy) is 1. The van der Waals surface area contributed by atoms with Crippen molar-refractivity contribution in [3.8, 4) is 5.75 Å². The molecule has 0 saturated carbocycles. The summed E-state index contributed by atoms with van der Waals surface area (Å²) < 4.78 is 13.4. The van der Waals surface area contributed by atoms with Gasteiger partial charge in [-0.3, -0.25) is 33.4 Å². The molecular formula is C34H42N6O7S. The van der Waals surface area contributed by atoms with Gasteiger partial charge in [-0.25, -0.2) is 4.98 Å². The normalized spacial score (nSPS) is 18.8. The quantitative estimate of drug-likeness (QED) is 0.209. The van der Waals surface area contributed by atoms with Crippen molar-refractivity contribution < 1.29 is 28.4 Å². The Kier molecular flexibility index (Phi) is 10.6. The first kappa shape index (κ1) is 33.8. The highest BCUT2D eigenvalue weighted by atomic mass is 32.2. The fraction of sp³-hybridized carbons (Fsp3) is 0.559. The molecule has 3 aliphatic heterocycles. The van der Waals surface area contributed by atoms with Crippen molar-refractivity contribution >= 4 is 46.2 Å². The van der Waals surface area contributed by atoms with E-state index in [1.807, 2.05) is 23.6 Å². The highest BCUT2D eigenvalue weighted by Crippen LogP contribution is 2.34. The fourth-order valence-corrected chi connectivity index (χ4v) is 7.73. The second-order valence-electron chi connectivity index (χ2n) is 12.8. The molecule has 0 spiro atoms. The van der Waals surface area contributed by atoms with Crippen LogP contribution in [0.25, 0.3) is 11.0 Å². The third-order valence-corrected chi connectivity index (χ3v) is 10.7. The molecule has 2 saturated heterocycles. The number of thioether (sulfide) groups is 1. The summed E-state index contributed by atoms with van der Waals surface area (Å²) in [5.41, 5.74) is 3.43. The van der Waals surface area contributed by atoms with Crippen molar-refractivity contribution in [2.45, 2.75) is 76.5 Å². The Hall–Kier alpha value is -4.04. The van der Waals surface area contributed by atoms with Crippen molar-refractivity contribution in [3.05, 3.63) is 51.3 Å². The maximum Gasteiger partial charge on any atom is 0.256 e. The number of Topliss-reactive ketones (excluding diaryl/α,β-unsaturated/α-hetero) is 1. The van der Waals surface area contributed by atoms with Crippen LogP contribution in [0.4, 0.5) is 0 Å². The number of hydrogen-bond acceptors (Lipinski definition) is 11. The summed E-state index contributed by atoms with van der Waals surface area (Å²) in [6, 6.07) is 5.59. The van der Waals surface area contributed by atoms with Gasteiger partial charge < -0.3 is 19.5 Å². The van der Waals surface area contributed by atoms with E-state index in [-0.39, 0.29) is 49.1 Å². The molecule has 1 atom stereocenters. The fourth-order valence-electron chi connectivity index (χ4n) is 6.77. The summed E-state index contributed by atoms with van der Waals surface area (Å²) in [7, 11) is 0. The Morgan fingerprint density at radius 3 is 2.73 bits per heavy atom. The van der Waals surface area contributed by atoms with Crippen LogP contribution in [0.2, 0.25) is 0 Å². The second kappa shape index (κ2) is 15.0. The molecule has 0 radical (unpaired) electrons. The summed E-state index contributed by atoms with van der Waals surface area (Å²) in [6.07, 6.45) is 5.63. The topological polar surface area (TPSA) is 157 Å². The lowest BCUT2D eigenvalue weighted by molar-refractivity contribution is -0.142. The average molecular weight is 679 g/mol. The largest absolute Gasteiger partial charge is 0.492 e. The molecule has 1 unspecified atom stereocenters. The number of carbonyl (C=O) groups is 4. The molecule has 14 heteroatoms. The first-order valence-corrected chi connectivity index (χ1v) is 17.8. The number of amides is 3. The van der Waals surface area contributed by atoms with Gasteiger partial charge in [-0.2, -0.15) is 0 Å². The Labute approximate surface area is 282 Å². The van der Waals surface area contributed by atoms with E-state index in [0.717, 1.165) is 103 Å². The van der Waals surface area contributed by atoms with Crippen molar-refractivity contribution in [2.75, 3.05) is 45.1 Å². The standard InChI is InChI=1S/C34H42N6O7S/c1-21(41)20-48-28-18-31(43)40(34(28)45)19-30(42)35-11-16-46-24-6-7-26-27(17-24)47-37-32(26)23-8-13-38(14-9-23)15-10-25-22(2)36-29-5-3-4-12-39(29)33(25)44/h6-7,17,23,28H,3-5,8-16,18-20H2,1-2H3,(H,35,42). The van der Waals surface area contributed by atoms with Crippen LogP contribution < -0.4 is 15.6 Å². The van der Waals surface area contributed by atoms with Gasteiger partial charge >= 0.3 is 0 Å². The molecular weight excluding hydrogens is 636 g/mol. The minimum absolute atomic E-state index is 0.00439. The van der Waals surface area contributed by atoms with Crippen LogP contribution >= 0.6 is 11.8 Å². The lowest BCUT2D eigenvalue weighted by atomic mass is 9.91. The first-order valence-electron chi connectivity index (χ1n) is 16.7. The van der Waals surface area contributed by atoms with Gasteiger partial charge in [0.1, 0.15) is 30.5 Å². The van der Waals surface area contributed by atoms with Crippen molar-refractivity contribution in [2.24, 2.45) is 0 Å². The Morgan fingerprint density at radius 2 is 1.94 bits per heavy atom. The zero-order valence-electron chi connectivity index (χ0n) is 27.5. The van der Waals surface area contributed by atoms with E-state index < -0.39 is 23.0 Å². The van der Waals surface area contributed by atoms with E-state index in [2.05, 4.69) is 15.4 Å². The second-order valence-corrected chi connectivity index (χ2v) is 14.0. The number of likely N-dealkylation sites (tertiary alicyclic amines) is 2. The predicted octanol–water partition coefficient (Wildman–Crippen LogP) is 2.40. The summed E-state index contributed by atoms with van der Waals surface area (Å²) in [5, 5.41) is 7.43. The van der Waals surface area contributed by atoms with Crippen LogP contribution in [0.3, 0.4) is 0 Å². The lowest BCUT2D eigenvalue weighted by Crippen LogP contribution is -2.42. The van der Waals surface area contributed by atoms with Crippen molar-refractivity contribution in [3.63, 3.8) is 0 Å². The number of aryl methyl sites for hydroxylation is 2. The van der Waals surface area contributed by atoms with Gasteiger partial charge in [0, 0.05) is 54.6 Å². The Balaban J connectivity index is 0.939. The first-order chi connectivity index (χ1) is 23.2. The van der Waals surface area contributed by atoms with E-state index in [0.29, 0.717) is 17.8 Å². The zero-order chi connectivity index (χ0) is 33.8. The zero-order valence-corrected chi connectivity index (χ0v) is 28.3. The number of benzene rings is 1. The minimum Gasteiger partial charge on any atom is -0.492 e. The molecule has 0 aliphatic carbocycles. The van der Waals surface area contributed by atoms with Gasteiger partial charge in [0.25, 0.3) is 5.56 Å². The Morgan fingerprint density at radius 1 is 1.12 bits per heavy atom. The summed E-state index contributed by atoms with van der Waals surface area (Å²) in [6.45, 7) is 6.85. The SMILES string of the molecule is CC(=O)CSC1CC(=O)N(CC(=O)NCCOc2ccc3c(C4CCN(CCc5c(C)nc6n(c5=O)CCCC6)CC4)noc3c2)C1=O. The number of carbonyl (C=O) groups excluding carboxylic acids is 4. The predicted molar refractivity (Wildman–Crippen MR) is 179 cm³/mol. The number of rotatable bonds is 13. The van der Waals surface area contributed by atoms with Crippen LogP contribution in [-0.4, -0.2) is 98.3 Å². The molecule has 0 bridgehead atoms. The van der Waals surface area contributed by atoms with Gasteiger partial charge in [-0.15, -0.1) is 11.8 Å². The van der Waals surface area contributed by atoms with Crippen LogP contribution in [0.5, 0.6) is 5.75 Å². The number of piperidine rings is 1. The molecule has 256 valence electrons. The van der Waals surface area contributed by atoms with Crippen molar-refractivity contribution in [1.82, 2.24) is 29.8 Å². The van der Waals surface area contributed by atoms with Crippen LogP contribution in [0, 0.1) is 6.92 Å². The Bertz CT molecular complexity index is 1760. The van der Waals surface area contributed by atoms with Crippen LogP contribution in [0.15, 0.2) is 27.5 Å². The maximum atomic E-state index is 13.1. The maximum absolute atomic E-state index is 13.1. The lowest BCUT2D eigenvalue weighted by Gasteiger charge is -2.31. The molecule has 3 aromatic rings. The van der Waals surface area contributed by atoms with Gasteiger partial charge in [-0.1, -0.05) is 5.16 Å². The van der Waals surface area contributed by atoms with E-state index in [9.17, 15) is 24.0 Å². The number of aromatic nitrogens is 3. The van der Waals surface area contributed by atoms with Crippen LogP contribution in [-0.2, 0) is 38.6 Å². The molecule has 48 heavy (non-hydrogen) atoms. The molecule has 13 nitrogen and oxygen atoms in total. The highest BCUT2D eigenvalue weighted by molar-refractivity contribution is 8.01. The molecule has 6 rings (SSSR count). The molecule has 2 fully saturated rings. The molecule has 5 heterocycles. The summed E-state index contributed by atoms with van der Waals surface area (Å²) in [4.78, 5) is 69.5. The number of nitrogens with zero attached hydrogens (tertiary/aromatic N) is 5. The summed E-state index contributed by atoms with van der Waals surface area (Å²) >= 11 is 1.13. The third kappa shape index (κ3) is 7.64. The van der Waals surface area contributed by atoms with Crippen molar-refractivity contribution in [1.29, 1.82) is 0 Å². The number of hydrogen-bond donors (Lipinski definition) is 1. The van der Waals surface area contributed by atoms with Crippen LogP contribution in [0.1, 0.15) is 67.7 Å². The van der Waals surface area contributed by atoms with E-state index >= 15 is 0 Å². The molecule has 1 aromatic carbocycles. The number of fused-ring (bicyclic) bond motifs is 2. The monoisotopic (exact) mass is 678 g/mol. The van der Waals surface area contributed by atoms with E-state index in [1.165, 1.54) is 6.92 Å². The van der Waals surface area contributed by atoms with Gasteiger partial charge in [-0.05, 0) is 71.2 Å². The molecule has 2 aromatic heterocycles. The van der Waals surface area contributed by atoms with Gasteiger partial charge in [0.2, 0.25) is 17.7 Å². The van der Waals surface area contributed by atoms with Gasteiger partial charge in [0.05, 0.1) is 23.2 Å². The third-order valence-electron chi connectivity index (χ3n) is 9.39. The number of ketones is 1. The average Bonchev–Trinajstić information content (AvgIpc) is 3.61. The molecule has 3 aliphatic rings. The number of imide groups is 1. The van der Waals surface area contributed by atoms with Gasteiger partial charge in [0.15, 0.2) is 5.58 Å². The smallest absolute Gasteiger partial charge is 0.256 e. The summed E-state index contributed by atoms with van der Waals surface area (Å²) in [5.74, 6) is 0.559. The number of nitrogens with one attached hydrogen (secondary N) is 1.